The molecule has 106 valence electrons. The van der Waals surface area contributed by atoms with Crippen molar-refractivity contribution in [2.75, 3.05) is 0 Å². The molecule has 1 aliphatic heterocycles. The van der Waals surface area contributed by atoms with Crippen LogP contribution in [0.15, 0.2) is 36.2 Å². The average molecular weight is 300 g/mol. The number of benzene rings is 1. The molecular formula is C14H12N4O2S. The van der Waals surface area contributed by atoms with E-state index in [9.17, 15) is 9.59 Å². The Balaban J connectivity index is 2.11. The lowest BCUT2D eigenvalue weighted by molar-refractivity contribution is -0.118. The largest absolute Gasteiger partial charge is 0.368 e. The van der Waals surface area contributed by atoms with Crippen molar-refractivity contribution in [2.24, 2.45) is 5.73 Å². The molecule has 1 aliphatic rings. The summed E-state index contributed by atoms with van der Waals surface area (Å²) in [5.74, 6) is -0.695. The van der Waals surface area contributed by atoms with Crippen LogP contribution in [-0.2, 0) is 16.1 Å². The van der Waals surface area contributed by atoms with Crippen LogP contribution < -0.4 is 16.4 Å². The number of nitrogens with one attached hydrogen (secondary N) is 2. The zero-order chi connectivity index (χ0) is 15.0. The van der Waals surface area contributed by atoms with E-state index in [1.807, 2.05) is 24.3 Å². The van der Waals surface area contributed by atoms with E-state index in [1.54, 1.807) is 16.8 Å². The number of amides is 2. The van der Waals surface area contributed by atoms with Crippen LogP contribution >= 0.6 is 12.2 Å². The highest BCUT2D eigenvalue weighted by Crippen LogP contribution is 2.23. The summed E-state index contributed by atoms with van der Waals surface area (Å²) >= 11 is 4.90. The van der Waals surface area contributed by atoms with E-state index in [2.05, 4.69) is 10.6 Å². The van der Waals surface area contributed by atoms with Crippen LogP contribution in [0.2, 0.25) is 0 Å². The molecule has 1 aromatic heterocycles. The highest BCUT2D eigenvalue weighted by Gasteiger charge is 2.20. The number of carbonyl (C=O) groups is 2. The molecule has 2 heterocycles. The quantitative estimate of drug-likeness (QED) is 0.568. The van der Waals surface area contributed by atoms with Crippen molar-refractivity contribution < 1.29 is 9.59 Å². The standard InChI is InChI=1S/C14H12N4O2S/c15-12(19)7-18-6-8(9-3-1-2-4-11(9)18)5-10-13(20)17-14(21)16-10/h1-6H,7H2,(H2,15,19)(H2,16,17,20,21)/b10-5+. The van der Waals surface area contributed by atoms with Crippen LogP contribution in [0.1, 0.15) is 5.56 Å². The number of fused-ring (bicyclic) bond motifs is 1. The molecule has 0 unspecified atom stereocenters. The Morgan fingerprint density at radius 1 is 1.33 bits per heavy atom. The van der Waals surface area contributed by atoms with E-state index in [0.29, 0.717) is 5.70 Å². The van der Waals surface area contributed by atoms with Gasteiger partial charge in [-0.3, -0.25) is 14.9 Å². The molecule has 6 nitrogen and oxygen atoms in total. The van der Waals surface area contributed by atoms with Gasteiger partial charge in [-0.05, 0) is 24.4 Å². The maximum atomic E-state index is 11.7. The summed E-state index contributed by atoms with van der Waals surface area (Å²) in [4.78, 5) is 22.9. The Morgan fingerprint density at radius 2 is 2.10 bits per heavy atom. The fourth-order valence-corrected chi connectivity index (χ4v) is 2.53. The van der Waals surface area contributed by atoms with Crippen LogP contribution in [0.25, 0.3) is 17.0 Å². The zero-order valence-corrected chi connectivity index (χ0v) is 11.7. The summed E-state index contributed by atoms with van der Waals surface area (Å²) in [6.07, 6.45) is 3.49. The molecule has 0 atom stereocenters. The lowest BCUT2D eigenvalue weighted by Crippen LogP contribution is -2.21. The maximum Gasteiger partial charge on any atom is 0.273 e. The molecule has 3 rings (SSSR count). The first-order chi connectivity index (χ1) is 10.0. The average Bonchev–Trinajstić information content (AvgIpc) is 2.91. The van der Waals surface area contributed by atoms with Gasteiger partial charge < -0.3 is 15.6 Å². The normalized spacial score (nSPS) is 16.3. The number of primary amides is 1. The van der Waals surface area contributed by atoms with Gasteiger partial charge in [-0.15, -0.1) is 0 Å². The van der Waals surface area contributed by atoms with E-state index >= 15 is 0 Å². The third-order valence-corrected chi connectivity index (χ3v) is 3.37. The van der Waals surface area contributed by atoms with Crippen molar-refractivity contribution in [1.29, 1.82) is 0 Å². The molecule has 21 heavy (non-hydrogen) atoms. The first-order valence-electron chi connectivity index (χ1n) is 6.25. The zero-order valence-electron chi connectivity index (χ0n) is 10.9. The van der Waals surface area contributed by atoms with Gasteiger partial charge in [-0.25, -0.2) is 0 Å². The van der Waals surface area contributed by atoms with E-state index in [1.165, 1.54) is 0 Å². The van der Waals surface area contributed by atoms with Crippen molar-refractivity contribution in [3.63, 3.8) is 0 Å². The minimum atomic E-state index is -0.423. The number of carbonyl (C=O) groups excluding carboxylic acids is 2. The molecule has 0 bridgehead atoms. The van der Waals surface area contributed by atoms with Gasteiger partial charge >= 0.3 is 0 Å². The minimum Gasteiger partial charge on any atom is -0.368 e. The van der Waals surface area contributed by atoms with Crippen molar-refractivity contribution in [1.82, 2.24) is 15.2 Å². The van der Waals surface area contributed by atoms with Crippen LogP contribution in [0.3, 0.4) is 0 Å². The van der Waals surface area contributed by atoms with E-state index in [-0.39, 0.29) is 17.6 Å². The number of para-hydroxylation sites is 1. The summed E-state index contributed by atoms with van der Waals surface area (Å²) in [6.45, 7) is 0.0850. The van der Waals surface area contributed by atoms with Crippen molar-refractivity contribution in [3.8, 4) is 0 Å². The van der Waals surface area contributed by atoms with Crippen molar-refractivity contribution in [3.05, 3.63) is 41.7 Å². The molecular weight excluding hydrogens is 288 g/mol. The Kier molecular flexibility index (Phi) is 3.19. The van der Waals surface area contributed by atoms with Crippen LogP contribution in [0, 0.1) is 0 Å². The Morgan fingerprint density at radius 3 is 2.76 bits per heavy atom. The number of nitrogens with zero attached hydrogens (tertiary/aromatic N) is 1. The van der Waals surface area contributed by atoms with Gasteiger partial charge in [-0.2, -0.15) is 0 Å². The predicted molar refractivity (Wildman–Crippen MR) is 83.0 cm³/mol. The Hall–Kier alpha value is -2.67. The second-order valence-electron chi connectivity index (χ2n) is 4.66. The molecule has 0 saturated carbocycles. The molecule has 7 heteroatoms. The summed E-state index contributed by atoms with van der Waals surface area (Å²) in [6, 6.07) is 7.59. The molecule has 4 N–H and O–H groups in total. The smallest absolute Gasteiger partial charge is 0.273 e. The molecule has 0 spiro atoms. The van der Waals surface area contributed by atoms with Crippen molar-refractivity contribution in [2.45, 2.75) is 6.54 Å². The third-order valence-electron chi connectivity index (χ3n) is 3.17. The van der Waals surface area contributed by atoms with Gasteiger partial charge in [0, 0.05) is 22.7 Å². The predicted octanol–water partition coefficient (Wildman–Crippen LogP) is 0.472. The van der Waals surface area contributed by atoms with Crippen LogP contribution in [-0.4, -0.2) is 21.5 Å². The second kappa shape index (κ2) is 5.02. The SMILES string of the molecule is NC(=O)Cn1cc(/C=C2/NC(=S)NC2=O)c2ccccc21. The summed E-state index contributed by atoms with van der Waals surface area (Å²) < 4.78 is 1.76. The second-order valence-corrected chi connectivity index (χ2v) is 5.07. The van der Waals surface area contributed by atoms with E-state index < -0.39 is 5.91 Å². The molecule has 1 saturated heterocycles. The minimum absolute atomic E-state index is 0.0850. The molecule has 2 amide bonds. The van der Waals surface area contributed by atoms with Gasteiger partial charge in [0.05, 0.1) is 0 Å². The third kappa shape index (κ3) is 2.50. The fraction of sp³-hybridized carbons (Fsp3) is 0.0714. The lowest BCUT2D eigenvalue weighted by Gasteiger charge is -2.00. The van der Waals surface area contributed by atoms with Gasteiger partial charge in [0.2, 0.25) is 5.91 Å². The Labute approximate surface area is 125 Å². The van der Waals surface area contributed by atoms with Crippen molar-refractivity contribution >= 4 is 46.1 Å². The number of rotatable bonds is 3. The maximum absolute atomic E-state index is 11.7. The molecule has 2 aromatic rings. The van der Waals surface area contributed by atoms with Gasteiger partial charge in [-0.1, -0.05) is 18.2 Å². The van der Waals surface area contributed by atoms with E-state index in [0.717, 1.165) is 16.5 Å². The number of hydrogen-bond donors (Lipinski definition) is 3. The lowest BCUT2D eigenvalue weighted by atomic mass is 10.1. The molecule has 0 aliphatic carbocycles. The summed E-state index contributed by atoms with van der Waals surface area (Å²) in [7, 11) is 0. The summed E-state index contributed by atoms with van der Waals surface area (Å²) in [5.41, 5.74) is 7.33. The first kappa shape index (κ1) is 13.3. The fourth-order valence-electron chi connectivity index (χ4n) is 2.33. The number of nitrogens with two attached hydrogens (primary N) is 1. The van der Waals surface area contributed by atoms with Gasteiger partial charge in [0.1, 0.15) is 12.2 Å². The van der Waals surface area contributed by atoms with Crippen LogP contribution in [0.4, 0.5) is 0 Å². The van der Waals surface area contributed by atoms with Gasteiger partial charge in [0.15, 0.2) is 5.11 Å². The Bertz CT molecular complexity index is 806. The first-order valence-corrected chi connectivity index (χ1v) is 6.65. The monoisotopic (exact) mass is 300 g/mol. The molecule has 0 radical (unpaired) electrons. The topological polar surface area (TPSA) is 89.2 Å². The highest BCUT2D eigenvalue weighted by atomic mass is 32.1. The van der Waals surface area contributed by atoms with Crippen LogP contribution in [0.5, 0.6) is 0 Å². The number of aromatic nitrogens is 1. The molecule has 1 fully saturated rings. The summed E-state index contributed by atoms with van der Waals surface area (Å²) in [5, 5.41) is 6.52. The molecule has 1 aromatic carbocycles. The number of thiocarbonyl (C=S) groups is 1. The van der Waals surface area contributed by atoms with E-state index in [4.69, 9.17) is 18.0 Å². The number of hydrogen-bond acceptors (Lipinski definition) is 3. The highest BCUT2D eigenvalue weighted by molar-refractivity contribution is 7.80. The van der Waals surface area contributed by atoms with Gasteiger partial charge in [0.25, 0.3) is 5.91 Å².